The summed E-state index contributed by atoms with van der Waals surface area (Å²) in [5.41, 5.74) is 11.7. The summed E-state index contributed by atoms with van der Waals surface area (Å²) in [4.78, 5) is 2.17. The molecule has 4 unspecified atom stereocenters. The Morgan fingerprint density at radius 2 is 1.86 bits per heavy atom. The van der Waals surface area contributed by atoms with Crippen LogP contribution in [0.2, 0.25) is 0 Å². The standard InChI is InChI=1S/C24H32F4N6O2/c25-16-3-5-17(6-4-16)31-22-19(21(30)36)13-34(32-22)23(14-29)9-11-33(12-10-23)18-7-1-15(2-8-18)20(35)24(26,27)28/h1-5,7,13,17-18,20-21,35-36H,6,8-12,14,29-30H2,(H,31,32). The smallest absolute Gasteiger partial charge is 0.379 e. The second-order valence-electron chi connectivity index (χ2n) is 9.53. The molecule has 0 spiro atoms. The van der Waals surface area contributed by atoms with Gasteiger partial charge in [-0.2, -0.15) is 18.3 Å². The number of likely N-dealkylation sites (tertiary alicyclic amines) is 1. The molecule has 0 aromatic carbocycles. The van der Waals surface area contributed by atoms with E-state index in [2.05, 4.69) is 15.3 Å². The zero-order valence-corrected chi connectivity index (χ0v) is 19.7. The Morgan fingerprint density at radius 1 is 1.14 bits per heavy atom. The highest BCUT2D eigenvalue weighted by Gasteiger charge is 2.41. The summed E-state index contributed by atoms with van der Waals surface area (Å²) in [5, 5.41) is 27.5. The molecule has 2 heterocycles. The number of nitrogens with two attached hydrogens (primary N) is 2. The van der Waals surface area contributed by atoms with Crippen LogP contribution in [0.25, 0.3) is 0 Å². The van der Waals surface area contributed by atoms with E-state index in [1.54, 1.807) is 23.0 Å². The van der Waals surface area contributed by atoms with Gasteiger partial charge >= 0.3 is 6.18 Å². The van der Waals surface area contributed by atoms with Crippen molar-refractivity contribution in [2.24, 2.45) is 11.5 Å². The van der Waals surface area contributed by atoms with E-state index in [1.165, 1.54) is 24.3 Å². The molecule has 1 aromatic rings. The number of halogens is 4. The third kappa shape index (κ3) is 5.57. The SMILES string of the molecule is NCC1(n2cc(C(N)O)c(NC3C=CC(F)=CC3)n2)CCN(C2C=CC(C(O)C(F)(F)F)=CC2)CC1. The van der Waals surface area contributed by atoms with Crippen molar-refractivity contribution in [1.29, 1.82) is 0 Å². The quantitative estimate of drug-likeness (QED) is 0.281. The second-order valence-corrected chi connectivity index (χ2v) is 9.53. The van der Waals surface area contributed by atoms with Gasteiger partial charge in [0.25, 0.3) is 0 Å². The van der Waals surface area contributed by atoms with E-state index >= 15 is 0 Å². The first-order valence-electron chi connectivity index (χ1n) is 11.9. The van der Waals surface area contributed by atoms with Crippen LogP contribution >= 0.6 is 0 Å². The Kier molecular flexibility index (Phi) is 7.72. The van der Waals surface area contributed by atoms with Gasteiger partial charge in [0.05, 0.1) is 11.1 Å². The molecule has 1 fully saturated rings. The van der Waals surface area contributed by atoms with Crippen molar-refractivity contribution in [2.75, 3.05) is 25.0 Å². The van der Waals surface area contributed by atoms with Crippen LogP contribution in [0.15, 0.2) is 54.1 Å². The lowest BCUT2D eigenvalue weighted by Gasteiger charge is -2.44. The predicted octanol–water partition coefficient (Wildman–Crippen LogP) is 2.35. The first-order chi connectivity index (χ1) is 17.0. The van der Waals surface area contributed by atoms with Gasteiger partial charge in [-0.15, -0.1) is 0 Å². The molecule has 4 atom stereocenters. The zero-order chi connectivity index (χ0) is 26.1. The first kappa shape index (κ1) is 26.6. The highest BCUT2D eigenvalue weighted by atomic mass is 19.4. The van der Waals surface area contributed by atoms with Crippen LogP contribution in [-0.2, 0) is 5.54 Å². The van der Waals surface area contributed by atoms with Crippen LogP contribution in [0, 0.1) is 0 Å². The number of hydrogen-bond donors (Lipinski definition) is 5. The minimum absolute atomic E-state index is 0.0761. The van der Waals surface area contributed by atoms with Crippen LogP contribution in [0.3, 0.4) is 0 Å². The Labute approximate surface area is 206 Å². The first-order valence-corrected chi connectivity index (χ1v) is 11.9. The molecule has 8 nitrogen and oxygen atoms in total. The van der Waals surface area contributed by atoms with E-state index in [4.69, 9.17) is 11.5 Å². The van der Waals surface area contributed by atoms with Crippen molar-refractivity contribution < 1.29 is 27.8 Å². The number of aromatic nitrogens is 2. The van der Waals surface area contributed by atoms with Crippen molar-refractivity contribution in [3.8, 4) is 0 Å². The van der Waals surface area contributed by atoms with Gasteiger partial charge in [0.15, 0.2) is 11.9 Å². The maximum atomic E-state index is 13.3. The molecule has 3 aliphatic rings. The maximum absolute atomic E-state index is 13.3. The molecule has 7 N–H and O–H groups in total. The Balaban J connectivity index is 1.43. The van der Waals surface area contributed by atoms with Crippen LogP contribution in [0.1, 0.15) is 37.5 Å². The molecule has 0 radical (unpaired) electrons. The van der Waals surface area contributed by atoms with Gasteiger partial charge < -0.3 is 27.0 Å². The molecule has 36 heavy (non-hydrogen) atoms. The van der Waals surface area contributed by atoms with Crippen molar-refractivity contribution in [2.45, 2.75) is 61.8 Å². The summed E-state index contributed by atoms with van der Waals surface area (Å²) in [5.74, 6) is 0.101. The van der Waals surface area contributed by atoms with Gasteiger partial charge in [0.1, 0.15) is 12.1 Å². The topological polar surface area (TPSA) is 126 Å². The molecule has 1 aliphatic heterocycles. The molecule has 0 amide bonds. The lowest BCUT2D eigenvalue weighted by atomic mass is 9.86. The Bertz CT molecular complexity index is 1050. The van der Waals surface area contributed by atoms with E-state index in [0.29, 0.717) is 56.7 Å². The van der Waals surface area contributed by atoms with Crippen LogP contribution < -0.4 is 16.8 Å². The fourth-order valence-corrected chi connectivity index (χ4v) is 4.92. The largest absolute Gasteiger partial charge is 0.418 e. The van der Waals surface area contributed by atoms with E-state index in [0.717, 1.165) is 0 Å². The molecule has 198 valence electrons. The Hall–Kier alpha value is -2.51. The number of hydrogen-bond acceptors (Lipinski definition) is 7. The van der Waals surface area contributed by atoms with Crippen molar-refractivity contribution in [3.63, 3.8) is 0 Å². The third-order valence-electron chi connectivity index (χ3n) is 7.23. The number of allylic oxidation sites excluding steroid dienone is 2. The van der Waals surface area contributed by atoms with Gasteiger partial charge in [0.2, 0.25) is 0 Å². The summed E-state index contributed by atoms with van der Waals surface area (Å²) in [7, 11) is 0. The number of alkyl halides is 3. The average Bonchev–Trinajstić information content (AvgIpc) is 3.29. The Morgan fingerprint density at radius 3 is 2.39 bits per heavy atom. The highest BCUT2D eigenvalue weighted by Crippen LogP contribution is 2.35. The molecule has 1 aromatic heterocycles. The molecular formula is C24H32F4N6O2. The van der Waals surface area contributed by atoms with Gasteiger partial charge in [-0.1, -0.05) is 24.3 Å². The number of piperidine rings is 1. The summed E-state index contributed by atoms with van der Waals surface area (Å²) >= 11 is 0. The van der Waals surface area contributed by atoms with E-state index in [1.807, 2.05) is 0 Å². The minimum Gasteiger partial charge on any atom is -0.379 e. The molecule has 12 heteroatoms. The number of nitrogens with zero attached hydrogens (tertiary/aromatic N) is 3. The second kappa shape index (κ2) is 10.5. The normalized spacial score (nSPS) is 26.3. The lowest BCUT2D eigenvalue weighted by molar-refractivity contribution is -0.190. The maximum Gasteiger partial charge on any atom is 0.418 e. The van der Waals surface area contributed by atoms with Gasteiger partial charge in [-0.3, -0.25) is 9.58 Å². The summed E-state index contributed by atoms with van der Waals surface area (Å²) in [6.07, 6.45) is 4.32. The molecule has 2 aliphatic carbocycles. The van der Waals surface area contributed by atoms with E-state index in [-0.39, 0.29) is 23.5 Å². The molecule has 4 rings (SSSR count). The van der Waals surface area contributed by atoms with Crippen molar-refractivity contribution >= 4 is 5.82 Å². The molecular weight excluding hydrogens is 480 g/mol. The number of nitrogens with one attached hydrogen (secondary N) is 1. The zero-order valence-electron chi connectivity index (χ0n) is 19.7. The monoisotopic (exact) mass is 512 g/mol. The fraction of sp³-hybridized carbons (Fsp3) is 0.542. The molecule has 1 saturated heterocycles. The van der Waals surface area contributed by atoms with Gasteiger partial charge in [-0.05, 0) is 43.4 Å². The van der Waals surface area contributed by atoms with Crippen molar-refractivity contribution in [1.82, 2.24) is 14.7 Å². The van der Waals surface area contributed by atoms with Crippen LogP contribution in [0.5, 0.6) is 0 Å². The average molecular weight is 513 g/mol. The van der Waals surface area contributed by atoms with E-state index in [9.17, 15) is 27.8 Å². The highest BCUT2D eigenvalue weighted by molar-refractivity contribution is 5.47. The summed E-state index contributed by atoms with van der Waals surface area (Å²) < 4.78 is 53.4. The van der Waals surface area contributed by atoms with Crippen LogP contribution in [-0.4, -0.2) is 68.9 Å². The summed E-state index contributed by atoms with van der Waals surface area (Å²) in [6, 6.07) is -0.277. The predicted molar refractivity (Wildman–Crippen MR) is 127 cm³/mol. The number of aliphatic hydroxyl groups is 2. The lowest BCUT2D eigenvalue weighted by Crippen LogP contribution is -2.52. The number of rotatable bonds is 7. The fourth-order valence-electron chi connectivity index (χ4n) is 4.92. The number of anilines is 1. The van der Waals surface area contributed by atoms with Crippen LogP contribution in [0.4, 0.5) is 23.4 Å². The minimum atomic E-state index is -4.69. The molecule has 0 saturated carbocycles. The summed E-state index contributed by atoms with van der Waals surface area (Å²) in [6.45, 7) is 1.56. The van der Waals surface area contributed by atoms with E-state index < -0.39 is 24.0 Å². The molecule has 0 bridgehead atoms. The third-order valence-corrected chi connectivity index (χ3v) is 7.23. The number of aliphatic hydroxyl groups excluding tert-OH is 2. The van der Waals surface area contributed by atoms with Crippen molar-refractivity contribution in [3.05, 3.63) is 59.6 Å². The van der Waals surface area contributed by atoms with Gasteiger partial charge in [0, 0.05) is 37.9 Å². The van der Waals surface area contributed by atoms with Gasteiger partial charge in [-0.25, -0.2) is 4.39 Å².